The molecular formula is C32H35ClF4N8O2. The van der Waals surface area contributed by atoms with E-state index in [-0.39, 0.29) is 65.7 Å². The van der Waals surface area contributed by atoms with Crippen LogP contribution in [0.2, 0.25) is 5.02 Å². The van der Waals surface area contributed by atoms with Crippen LogP contribution in [0.1, 0.15) is 37.8 Å². The molecule has 2 aromatic heterocycles. The van der Waals surface area contributed by atoms with Crippen LogP contribution < -0.4 is 15.4 Å². The molecular weight excluding hydrogens is 640 g/mol. The Balaban J connectivity index is 1.66. The summed E-state index contributed by atoms with van der Waals surface area (Å²) in [5, 5.41) is 9.86. The molecule has 2 N–H and O–H groups in total. The number of likely N-dealkylation sites (N-methyl/N-ethyl adjacent to an activating group) is 1. The van der Waals surface area contributed by atoms with E-state index in [1.807, 2.05) is 11.9 Å². The van der Waals surface area contributed by atoms with Crippen LogP contribution in [0.3, 0.4) is 0 Å². The van der Waals surface area contributed by atoms with Gasteiger partial charge in [-0.15, -0.1) is 0 Å². The smallest absolute Gasteiger partial charge is 0.418 e. The highest BCUT2D eigenvalue weighted by molar-refractivity contribution is 6.34. The van der Waals surface area contributed by atoms with Gasteiger partial charge in [0.05, 0.1) is 40.3 Å². The van der Waals surface area contributed by atoms with E-state index in [4.69, 9.17) is 27.1 Å². The number of piperazine rings is 1. The van der Waals surface area contributed by atoms with Crippen LogP contribution in [0.25, 0.3) is 22.2 Å². The number of hydrogen-bond acceptors (Lipinski definition) is 9. The highest BCUT2D eigenvalue weighted by atomic mass is 35.5. The number of carbonyl (C=O) groups is 1. The number of rotatable bonds is 7. The number of aryl methyl sites for hydroxylation is 1. The third-order valence-electron chi connectivity index (χ3n) is 8.75. The predicted molar refractivity (Wildman–Crippen MR) is 170 cm³/mol. The molecule has 2 fully saturated rings. The van der Waals surface area contributed by atoms with E-state index in [0.29, 0.717) is 17.1 Å². The zero-order valence-corrected chi connectivity index (χ0v) is 27.2. The van der Waals surface area contributed by atoms with Gasteiger partial charge in [0, 0.05) is 42.7 Å². The summed E-state index contributed by atoms with van der Waals surface area (Å²) < 4.78 is 62.9. The highest BCUT2D eigenvalue weighted by Gasteiger charge is 2.39. The molecule has 3 aromatic rings. The number of hydrogen-bond donors (Lipinski definition) is 1. The highest BCUT2D eigenvalue weighted by Crippen LogP contribution is 2.43. The van der Waals surface area contributed by atoms with E-state index in [1.165, 1.54) is 24.0 Å². The van der Waals surface area contributed by atoms with Crippen molar-refractivity contribution in [1.29, 1.82) is 5.26 Å². The molecule has 2 saturated heterocycles. The number of nitrogens with zero attached hydrogens (tertiary/aromatic N) is 7. The summed E-state index contributed by atoms with van der Waals surface area (Å²) in [6.07, 6.45) is -3.94. The van der Waals surface area contributed by atoms with Crippen LogP contribution in [0.4, 0.5) is 29.2 Å². The maximum absolute atomic E-state index is 14.3. The van der Waals surface area contributed by atoms with Crippen LogP contribution in [0.5, 0.6) is 6.01 Å². The molecule has 0 radical (unpaired) electrons. The summed E-state index contributed by atoms with van der Waals surface area (Å²) in [4.78, 5) is 31.3. The van der Waals surface area contributed by atoms with Crippen molar-refractivity contribution in [3.63, 3.8) is 0 Å². The minimum atomic E-state index is -4.75. The van der Waals surface area contributed by atoms with Crippen LogP contribution in [-0.4, -0.2) is 82.1 Å². The second kappa shape index (κ2) is 13.1. The van der Waals surface area contributed by atoms with Crippen LogP contribution >= 0.6 is 11.6 Å². The fourth-order valence-electron chi connectivity index (χ4n) is 6.57. The number of pyridine rings is 1. The lowest BCUT2D eigenvalue weighted by Gasteiger charge is -2.45. The molecule has 10 nitrogen and oxygen atoms in total. The zero-order valence-electron chi connectivity index (χ0n) is 26.4. The summed E-state index contributed by atoms with van der Waals surface area (Å²) in [6.45, 7) is 9.69. The van der Waals surface area contributed by atoms with E-state index in [9.17, 15) is 27.6 Å². The number of ether oxygens (including phenoxy) is 1. The van der Waals surface area contributed by atoms with Crippen molar-refractivity contribution in [1.82, 2.24) is 24.8 Å². The molecule has 1 amide bonds. The summed E-state index contributed by atoms with van der Waals surface area (Å²) in [7, 11) is 2.00. The Morgan fingerprint density at radius 1 is 1.17 bits per heavy atom. The Kier molecular flexibility index (Phi) is 9.52. The molecule has 1 unspecified atom stereocenters. The second-order valence-corrected chi connectivity index (χ2v) is 12.8. The molecule has 0 spiro atoms. The number of nitrogen functional groups attached to an aromatic ring is 1. The maximum Gasteiger partial charge on any atom is 0.418 e. The summed E-state index contributed by atoms with van der Waals surface area (Å²) in [5.74, 6) is -1.33. The quantitative estimate of drug-likeness (QED) is 0.245. The van der Waals surface area contributed by atoms with Crippen molar-refractivity contribution >= 4 is 40.0 Å². The molecule has 1 aromatic carbocycles. The van der Waals surface area contributed by atoms with E-state index < -0.39 is 41.3 Å². The Labute approximate surface area is 274 Å². The van der Waals surface area contributed by atoms with E-state index in [2.05, 4.69) is 34.4 Å². The number of anilines is 2. The Hall–Kier alpha value is -4.22. The fourth-order valence-corrected chi connectivity index (χ4v) is 6.82. The molecule has 2 aliphatic rings. The molecule has 250 valence electrons. The molecule has 2 aliphatic heterocycles. The van der Waals surface area contributed by atoms with E-state index in [1.54, 1.807) is 6.92 Å². The van der Waals surface area contributed by atoms with E-state index >= 15 is 0 Å². The number of carbonyl (C=O) groups excluding carboxylic acids is 1. The van der Waals surface area contributed by atoms with Crippen molar-refractivity contribution in [2.45, 2.75) is 57.9 Å². The van der Waals surface area contributed by atoms with Crippen LogP contribution in [0, 0.1) is 24.2 Å². The van der Waals surface area contributed by atoms with Crippen molar-refractivity contribution < 1.29 is 27.1 Å². The first-order valence-electron chi connectivity index (χ1n) is 15.1. The van der Waals surface area contributed by atoms with Gasteiger partial charge in [-0.1, -0.05) is 25.1 Å². The first kappa shape index (κ1) is 34.1. The number of likely N-dealkylation sites (tertiary alicyclic amines) is 1. The molecule has 15 heteroatoms. The van der Waals surface area contributed by atoms with Gasteiger partial charge in [0.25, 0.3) is 5.91 Å². The van der Waals surface area contributed by atoms with Gasteiger partial charge in [-0.05, 0) is 57.0 Å². The van der Waals surface area contributed by atoms with Gasteiger partial charge in [0.1, 0.15) is 18.2 Å². The minimum absolute atomic E-state index is 0.0128. The number of nitrogens with two attached hydrogens (primary N) is 1. The average Bonchev–Trinajstić information content (AvgIpc) is 3.30. The van der Waals surface area contributed by atoms with Gasteiger partial charge in [0.15, 0.2) is 5.83 Å². The average molecular weight is 675 g/mol. The molecule has 4 heterocycles. The number of nitriles is 1. The number of aromatic nitrogens is 3. The third-order valence-corrected chi connectivity index (χ3v) is 9.07. The van der Waals surface area contributed by atoms with Crippen LogP contribution in [0.15, 0.2) is 30.6 Å². The van der Waals surface area contributed by atoms with Gasteiger partial charge >= 0.3 is 12.2 Å². The monoisotopic (exact) mass is 674 g/mol. The SMILES string of the molecule is C=C(F)C(=O)N1CC(C)N(c2nc(OC[C@@H]3C[C@@H](C)CN3C)nc3cc(-c4nc(N)cc(C)c4C(F)(F)F)c(Cl)cc23)C[C@H]1CC#N. The minimum Gasteiger partial charge on any atom is -0.462 e. The molecule has 4 atom stereocenters. The van der Waals surface area contributed by atoms with Crippen molar-refractivity contribution in [3.8, 4) is 23.3 Å². The summed E-state index contributed by atoms with van der Waals surface area (Å²) in [6, 6.07) is 5.01. The van der Waals surface area contributed by atoms with E-state index in [0.717, 1.165) is 19.0 Å². The number of alkyl halides is 3. The van der Waals surface area contributed by atoms with Crippen LogP contribution in [-0.2, 0) is 11.0 Å². The largest absolute Gasteiger partial charge is 0.462 e. The standard InChI is InChI=1S/C32H35ClF4N8O2/c1-16-8-21(43(5)12-16)15-47-31-40-25-11-22(28-27(32(35,36)37)17(2)9-26(39)41-28)24(33)10-23(25)29(42-31)44-14-20(6-7-38)45(13-18(44)3)30(46)19(4)34/h9-11,16,18,20-21H,4,6,8,12-15H2,1-3,5H3,(H2,39,41)/t16-,18?,20-,21+/m1/s1. The molecule has 0 bridgehead atoms. The molecule has 0 saturated carbocycles. The molecule has 47 heavy (non-hydrogen) atoms. The predicted octanol–water partition coefficient (Wildman–Crippen LogP) is 5.78. The van der Waals surface area contributed by atoms with Gasteiger partial charge < -0.3 is 20.3 Å². The Morgan fingerprint density at radius 2 is 1.89 bits per heavy atom. The first-order chi connectivity index (χ1) is 22.1. The zero-order chi connectivity index (χ0) is 34.4. The second-order valence-electron chi connectivity index (χ2n) is 12.4. The van der Waals surface area contributed by atoms with Gasteiger partial charge in [-0.25, -0.2) is 9.37 Å². The summed E-state index contributed by atoms with van der Waals surface area (Å²) >= 11 is 6.70. The molecule has 5 rings (SSSR count). The van der Waals surface area contributed by atoms with Gasteiger partial charge in [0.2, 0.25) is 0 Å². The number of halogens is 5. The van der Waals surface area contributed by atoms with Crippen molar-refractivity contribution in [2.24, 2.45) is 5.92 Å². The Morgan fingerprint density at radius 3 is 2.51 bits per heavy atom. The lowest BCUT2D eigenvalue weighted by Crippen LogP contribution is -2.59. The lowest BCUT2D eigenvalue weighted by molar-refractivity contribution is -0.137. The summed E-state index contributed by atoms with van der Waals surface area (Å²) in [5.41, 5.74) is 4.56. The lowest BCUT2D eigenvalue weighted by atomic mass is 9.99. The number of benzene rings is 1. The maximum atomic E-state index is 14.3. The number of fused-ring (bicyclic) bond motifs is 1. The van der Waals surface area contributed by atoms with Crippen molar-refractivity contribution in [3.05, 3.63) is 46.8 Å². The van der Waals surface area contributed by atoms with Gasteiger partial charge in [-0.2, -0.15) is 28.4 Å². The topological polar surface area (TPSA) is 124 Å². The fraction of sp³-hybridized carbons (Fsp3) is 0.469. The number of amides is 1. The Bertz CT molecular complexity index is 1760. The first-order valence-corrected chi connectivity index (χ1v) is 15.4. The third kappa shape index (κ3) is 6.92. The normalized spacial score (nSPS) is 22.0. The van der Waals surface area contributed by atoms with Crippen molar-refractivity contribution in [2.75, 3.05) is 43.9 Å². The van der Waals surface area contributed by atoms with Gasteiger partial charge in [-0.3, -0.25) is 9.69 Å². The molecule has 0 aliphatic carbocycles.